The van der Waals surface area contributed by atoms with Crippen LogP contribution in [0.5, 0.6) is 5.88 Å². The molecule has 0 unspecified atom stereocenters. The molecular weight excluding hydrogens is 182 g/mol. The standard InChI is InChI=1S/C9H13N3O2/c1-3-14-9-7(8(10)12-13)5-4-6(2)11-9/h4-5,13H,3H2,1-2H3,(H2,10,12). The molecule has 0 spiro atoms. The van der Waals surface area contributed by atoms with E-state index in [1.165, 1.54) is 0 Å². The van der Waals surface area contributed by atoms with Gasteiger partial charge < -0.3 is 15.7 Å². The Morgan fingerprint density at radius 3 is 2.93 bits per heavy atom. The maximum Gasteiger partial charge on any atom is 0.224 e. The number of oxime groups is 1. The molecule has 3 N–H and O–H groups in total. The van der Waals surface area contributed by atoms with E-state index in [4.69, 9.17) is 15.7 Å². The van der Waals surface area contributed by atoms with E-state index in [0.717, 1.165) is 5.69 Å². The Bertz CT molecular complexity index is 350. The van der Waals surface area contributed by atoms with Gasteiger partial charge in [-0.25, -0.2) is 4.98 Å². The van der Waals surface area contributed by atoms with Gasteiger partial charge in [0, 0.05) is 5.69 Å². The topological polar surface area (TPSA) is 80.7 Å². The number of amidine groups is 1. The first kappa shape index (κ1) is 10.3. The molecule has 1 rings (SSSR count). The van der Waals surface area contributed by atoms with Crippen molar-refractivity contribution in [1.82, 2.24) is 4.98 Å². The number of aryl methyl sites for hydroxylation is 1. The van der Waals surface area contributed by atoms with Crippen molar-refractivity contribution in [2.45, 2.75) is 13.8 Å². The summed E-state index contributed by atoms with van der Waals surface area (Å²) in [6.45, 7) is 4.18. The van der Waals surface area contributed by atoms with Crippen LogP contribution in [0.3, 0.4) is 0 Å². The van der Waals surface area contributed by atoms with E-state index < -0.39 is 0 Å². The summed E-state index contributed by atoms with van der Waals surface area (Å²) in [4.78, 5) is 4.14. The highest BCUT2D eigenvalue weighted by atomic mass is 16.5. The molecule has 14 heavy (non-hydrogen) atoms. The zero-order valence-electron chi connectivity index (χ0n) is 8.19. The first-order valence-corrected chi connectivity index (χ1v) is 4.27. The number of pyridine rings is 1. The van der Waals surface area contributed by atoms with Gasteiger partial charge in [0.1, 0.15) is 0 Å². The van der Waals surface area contributed by atoms with Crippen molar-refractivity contribution >= 4 is 5.84 Å². The smallest absolute Gasteiger partial charge is 0.224 e. The highest BCUT2D eigenvalue weighted by molar-refractivity contribution is 5.99. The van der Waals surface area contributed by atoms with Gasteiger partial charge in [-0.2, -0.15) is 0 Å². The van der Waals surface area contributed by atoms with Crippen LogP contribution in [0.25, 0.3) is 0 Å². The van der Waals surface area contributed by atoms with E-state index in [-0.39, 0.29) is 5.84 Å². The van der Waals surface area contributed by atoms with Crippen LogP contribution in [0.2, 0.25) is 0 Å². The highest BCUT2D eigenvalue weighted by Gasteiger charge is 2.09. The Morgan fingerprint density at radius 1 is 1.64 bits per heavy atom. The van der Waals surface area contributed by atoms with Crippen molar-refractivity contribution in [1.29, 1.82) is 0 Å². The predicted octanol–water partition coefficient (Wildman–Crippen LogP) is 0.883. The minimum Gasteiger partial charge on any atom is -0.477 e. The van der Waals surface area contributed by atoms with E-state index in [0.29, 0.717) is 18.1 Å². The van der Waals surface area contributed by atoms with Gasteiger partial charge in [0.05, 0.1) is 12.2 Å². The number of nitrogens with zero attached hydrogens (tertiary/aromatic N) is 2. The molecule has 0 aliphatic rings. The number of aromatic nitrogens is 1. The van der Waals surface area contributed by atoms with E-state index in [1.54, 1.807) is 12.1 Å². The number of rotatable bonds is 3. The van der Waals surface area contributed by atoms with Crippen LogP contribution in [-0.4, -0.2) is 22.6 Å². The predicted molar refractivity (Wildman–Crippen MR) is 52.7 cm³/mol. The first-order valence-electron chi connectivity index (χ1n) is 4.27. The third-order valence-corrected chi connectivity index (χ3v) is 1.66. The molecule has 1 aromatic rings. The molecule has 0 fully saturated rings. The van der Waals surface area contributed by atoms with Gasteiger partial charge in [0.2, 0.25) is 5.88 Å². The second-order valence-electron chi connectivity index (χ2n) is 2.72. The fourth-order valence-electron chi connectivity index (χ4n) is 1.03. The van der Waals surface area contributed by atoms with Crippen molar-refractivity contribution in [3.05, 3.63) is 23.4 Å². The molecule has 0 saturated carbocycles. The Hall–Kier alpha value is -1.78. The van der Waals surface area contributed by atoms with Gasteiger partial charge in [-0.1, -0.05) is 5.16 Å². The Kier molecular flexibility index (Phi) is 3.28. The zero-order valence-corrected chi connectivity index (χ0v) is 8.19. The van der Waals surface area contributed by atoms with Gasteiger partial charge in [-0.15, -0.1) is 0 Å². The highest BCUT2D eigenvalue weighted by Crippen LogP contribution is 2.15. The Morgan fingerprint density at radius 2 is 2.36 bits per heavy atom. The van der Waals surface area contributed by atoms with Crippen LogP contribution in [0.15, 0.2) is 17.3 Å². The summed E-state index contributed by atoms with van der Waals surface area (Å²) in [5.41, 5.74) is 6.78. The molecule has 0 radical (unpaired) electrons. The fraction of sp³-hybridized carbons (Fsp3) is 0.333. The Balaban J connectivity index is 3.14. The van der Waals surface area contributed by atoms with Crippen LogP contribution in [0.4, 0.5) is 0 Å². The summed E-state index contributed by atoms with van der Waals surface area (Å²) in [5, 5.41) is 11.4. The lowest BCUT2D eigenvalue weighted by molar-refractivity contribution is 0.314. The van der Waals surface area contributed by atoms with E-state index in [2.05, 4.69) is 10.1 Å². The van der Waals surface area contributed by atoms with Crippen LogP contribution in [0, 0.1) is 6.92 Å². The normalized spacial score (nSPS) is 11.4. The van der Waals surface area contributed by atoms with Gasteiger partial charge in [-0.3, -0.25) is 0 Å². The second kappa shape index (κ2) is 4.45. The van der Waals surface area contributed by atoms with Crippen LogP contribution in [-0.2, 0) is 0 Å². The summed E-state index contributed by atoms with van der Waals surface area (Å²) in [6.07, 6.45) is 0. The number of hydrogen-bond acceptors (Lipinski definition) is 4. The lowest BCUT2D eigenvalue weighted by Crippen LogP contribution is -2.15. The second-order valence-corrected chi connectivity index (χ2v) is 2.72. The quantitative estimate of drug-likeness (QED) is 0.325. The molecule has 0 aliphatic carbocycles. The van der Waals surface area contributed by atoms with Gasteiger partial charge >= 0.3 is 0 Å². The average molecular weight is 195 g/mol. The van der Waals surface area contributed by atoms with Crippen LogP contribution >= 0.6 is 0 Å². The lowest BCUT2D eigenvalue weighted by Gasteiger charge is -2.07. The molecule has 0 saturated heterocycles. The summed E-state index contributed by atoms with van der Waals surface area (Å²) in [5.74, 6) is 0.392. The molecule has 5 heteroatoms. The summed E-state index contributed by atoms with van der Waals surface area (Å²) < 4.78 is 5.26. The number of nitrogens with two attached hydrogens (primary N) is 1. The van der Waals surface area contributed by atoms with Gasteiger partial charge in [-0.05, 0) is 26.0 Å². The molecule has 5 nitrogen and oxygen atoms in total. The van der Waals surface area contributed by atoms with Gasteiger partial charge in [0.25, 0.3) is 0 Å². The molecular formula is C9H13N3O2. The molecule has 1 aromatic heterocycles. The van der Waals surface area contributed by atoms with E-state index in [1.807, 2.05) is 13.8 Å². The Labute approximate surface area is 82.2 Å². The third kappa shape index (κ3) is 2.12. The van der Waals surface area contributed by atoms with Crippen molar-refractivity contribution in [2.24, 2.45) is 10.9 Å². The number of ether oxygens (including phenoxy) is 1. The van der Waals surface area contributed by atoms with Crippen molar-refractivity contribution in [3.8, 4) is 5.88 Å². The van der Waals surface area contributed by atoms with Crippen molar-refractivity contribution < 1.29 is 9.94 Å². The molecule has 0 amide bonds. The molecule has 0 atom stereocenters. The lowest BCUT2D eigenvalue weighted by atomic mass is 10.2. The minimum atomic E-state index is 0.000880. The summed E-state index contributed by atoms with van der Waals surface area (Å²) in [7, 11) is 0. The fourth-order valence-corrected chi connectivity index (χ4v) is 1.03. The van der Waals surface area contributed by atoms with Crippen molar-refractivity contribution in [3.63, 3.8) is 0 Å². The van der Waals surface area contributed by atoms with Gasteiger partial charge in [0.15, 0.2) is 5.84 Å². The molecule has 76 valence electrons. The van der Waals surface area contributed by atoms with Crippen LogP contribution < -0.4 is 10.5 Å². The third-order valence-electron chi connectivity index (χ3n) is 1.66. The maximum atomic E-state index is 8.53. The molecule has 0 aromatic carbocycles. The molecule has 1 heterocycles. The first-order chi connectivity index (χ1) is 6.69. The minimum absolute atomic E-state index is 0.000880. The summed E-state index contributed by atoms with van der Waals surface area (Å²) in [6, 6.07) is 3.48. The number of hydrogen-bond donors (Lipinski definition) is 2. The van der Waals surface area contributed by atoms with E-state index in [9.17, 15) is 0 Å². The molecule has 0 aliphatic heterocycles. The monoisotopic (exact) mass is 195 g/mol. The maximum absolute atomic E-state index is 8.53. The zero-order chi connectivity index (χ0) is 10.6. The van der Waals surface area contributed by atoms with Crippen LogP contribution in [0.1, 0.15) is 18.2 Å². The SMILES string of the molecule is CCOc1nc(C)ccc1C(N)=NO. The largest absolute Gasteiger partial charge is 0.477 e. The average Bonchev–Trinajstić information content (AvgIpc) is 2.17. The summed E-state index contributed by atoms with van der Waals surface area (Å²) >= 11 is 0. The molecule has 0 bridgehead atoms. The van der Waals surface area contributed by atoms with E-state index >= 15 is 0 Å². The van der Waals surface area contributed by atoms with Crippen molar-refractivity contribution in [2.75, 3.05) is 6.61 Å².